The number of hydrogen-bond acceptors (Lipinski definition) is 4. The van der Waals surface area contributed by atoms with Crippen LogP contribution in [0.1, 0.15) is 38.2 Å². The van der Waals surface area contributed by atoms with Crippen LogP contribution < -0.4 is 0 Å². The van der Waals surface area contributed by atoms with Gasteiger partial charge in [-0.2, -0.15) is 5.26 Å². The molecule has 0 fully saturated rings. The Balaban J connectivity index is 2.01. The summed E-state index contributed by atoms with van der Waals surface area (Å²) >= 11 is 0. The largest absolute Gasteiger partial charge is 0.507 e. The molecule has 0 saturated heterocycles. The van der Waals surface area contributed by atoms with Gasteiger partial charge in [-0.15, -0.1) is 0 Å². The van der Waals surface area contributed by atoms with Crippen LogP contribution in [0.15, 0.2) is 60.7 Å². The number of phenols is 2. The van der Waals surface area contributed by atoms with Gasteiger partial charge in [-0.05, 0) is 52.6 Å². The third-order valence-electron chi connectivity index (χ3n) is 4.47. The lowest BCUT2D eigenvalue weighted by Gasteiger charge is -2.23. The van der Waals surface area contributed by atoms with Crippen LogP contribution in [-0.2, 0) is 0 Å². The van der Waals surface area contributed by atoms with E-state index in [0.29, 0.717) is 16.7 Å². The van der Waals surface area contributed by atoms with Crippen LogP contribution in [0.5, 0.6) is 11.5 Å². The average Bonchev–Trinajstić information content (AvgIpc) is 2.65. The van der Waals surface area contributed by atoms with Gasteiger partial charge in [0.2, 0.25) is 5.78 Å². The molecule has 0 spiro atoms. The van der Waals surface area contributed by atoms with Gasteiger partial charge in [0, 0.05) is 0 Å². The number of carbonyl (C=O) groups is 1. The maximum Gasteiger partial charge on any atom is 0.201 e. The van der Waals surface area contributed by atoms with E-state index in [2.05, 4.69) is 6.07 Å². The van der Waals surface area contributed by atoms with Crippen molar-refractivity contribution in [3.63, 3.8) is 0 Å². The molecule has 3 aromatic rings. The van der Waals surface area contributed by atoms with E-state index in [1.54, 1.807) is 36.4 Å². The Morgan fingerprint density at radius 2 is 1.35 bits per heavy atom. The zero-order valence-electron chi connectivity index (χ0n) is 13.6. The Morgan fingerprint density at radius 3 is 1.85 bits per heavy atom. The van der Waals surface area contributed by atoms with E-state index in [9.17, 15) is 15.0 Å². The van der Waals surface area contributed by atoms with Crippen molar-refractivity contribution in [2.24, 2.45) is 0 Å². The molecule has 0 atom stereocenters. The lowest BCUT2D eigenvalue weighted by molar-refractivity contribution is 0.103. The van der Waals surface area contributed by atoms with Crippen LogP contribution in [0.2, 0.25) is 0 Å². The second-order valence-electron chi connectivity index (χ2n) is 6.02. The van der Waals surface area contributed by atoms with Crippen molar-refractivity contribution in [3.05, 3.63) is 94.0 Å². The molecule has 4 nitrogen and oxygen atoms in total. The first-order chi connectivity index (χ1) is 12.6. The van der Waals surface area contributed by atoms with Crippen molar-refractivity contribution in [2.75, 3.05) is 0 Å². The highest BCUT2D eigenvalue weighted by atomic mass is 16.3. The van der Waals surface area contributed by atoms with Crippen molar-refractivity contribution < 1.29 is 15.0 Å². The Labute approximate surface area is 149 Å². The number of ketones is 1. The molecular formula is C22H13NO3. The highest BCUT2D eigenvalue weighted by molar-refractivity contribution is 6.22. The molecule has 0 aromatic heterocycles. The molecule has 4 rings (SSSR count). The summed E-state index contributed by atoms with van der Waals surface area (Å²) in [4.78, 5) is 12.8. The molecule has 124 valence electrons. The third kappa shape index (κ3) is 2.35. The first-order valence-electron chi connectivity index (χ1n) is 8.01. The molecule has 0 amide bonds. The van der Waals surface area contributed by atoms with Crippen molar-refractivity contribution in [1.29, 1.82) is 5.26 Å². The lowest BCUT2D eigenvalue weighted by atomic mass is 9.80. The van der Waals surface area contributed by atoms with Crippen molar-refractivity contribution in [3.8, 4) is 17.6 Å². The standard InChI is InChI=1S/C22H13NO3/c23-12-14-9-7-13(8-10-14)11-17-15-3-1-5-18(24)20(15)22(26)21-16(17)4-2-6-19(21)25/h1-11,24-25H. The molecule has 0 unspecified atom stereocenters. The number of fused-ring (bicyclic) bond motifs is 2. The molecular weight excluding hydrogens is 326 g/mol. The zero-order valence-corrected chi connectivity index (χ0v) is 13.6. The quantitative estimate of drug-likeness (QED) is 0.547. The number of carbonyl (C=O) groups excluding carboxylic acids is 1. The summed E-state index contributed by atoms with van der Waals surface area (Å²) in [5, 5.41) is 29.4. The second-order valence-corrected chi connectivity index (χ2v) is 6.02. The van der Waals surface area contributed by atoms with Gasteiger partial charge in [-0.1, -0.05) is 36.4 Å². The van der Waals surface area contributed by atoms with E-state index in [4.69, 9.17) is 5.26 Å². The normalized spacial score (nSPS) is 12.1. The molecule has 3 aromatic carbocycles. The Kier molecular flexibility index (Phi) is 3.56. The van der Waals surface area contributed by atoms with Crippen molar-refractivity contribution in [1.82, 2.24) is 0 Å². The smallest absolute Gasteiger partial charge is 0.201 e. The van der Waals surface area contributed by atoms with E-state index in [1.165, 1.54) is 12.1 Å². The summed E-state index contributed by atoms with van der Waals surface area (Å²) in [6.45, 7) is 0. The van der Waals surface area contributed by atoms with Gasteiger partial charge >= 0.3 is 0 Å². The van der Waals surface area contributed by atoms with Gasteiger partial charge in [-0.3, -0.25) is 4.79 Å². The van der Waals surface area contributed by atoms with Crippen molar-refractivity contribution in [2.45, 2.75) is 0 Å². The van der Waals surface area contributed by atoms with Gasteiger partial charge in [0.1, 0.15) is 11.5 Å². The summed E-state index contributed by atoms with van der Waals surface area (Å²) in [6.07, 6.45) is 1.88. The van der Waals surface area contributed by atoms with Crippen LogP contribution in [-0.4, -0.2) is 16.0 Å². The fourth-order valence-corrected chi connectivity index (χ4v) is 3.25. The average molecular weight is 339 g/mol. The summed E-state index contributed by atoms with van der Waals surface area (Å²) < 4.78 is 0. The second kappa shape index (κ2) is 5.91. The molecule has 0 aliphatic heterocycles. The first-order valence-corrected chi connectivity index (χ1v) is 8.01. The molecule has 4 heteroatoms. The Hall–Kier alpha value is -3.84. The molecule has 0 bridgehead atoms. The van der Waals surface area contributed by atoms with Gasteiger partial charge in [-0.25, -0.2) is 0 Å². The Bertz CT molecular complexity index is 1060. The minimum atomic E-state index is -0.400. The van der Waals surface area contributed by atoms with E-state index in [1.807, 2.05) is 18.2 Å². The summed E-state index contributed by atoms with van der Waals surface area (Å²) in [5.74, 6) is -0.637. The van der Waals surface area contributed by atoms with Gasteiger partial charge in [0.05, 0.1) is 22.8 Å². The third-order valence-corrected chi connectivity index (χ3v) is 4.47. The molecule has 2 N–H and O–H groups in total. The predicted octanol–water partition coefficient (Wildman–Crippen LogP) is 4.10. The lowest BCUT2D eigenvalue weighted by Crippen LogP contribution is -2.14. The Morgan fingerprint density at radius 1 is 0.808 bits per heavy atom. The number of phenolic OH excluding ortho intramolecular Hbond substituents is 2. The van der Waals surface area contributed by atoms with E-state index < -0.39 is 5.78 Å². The molecule has 26 heavy (non-hydrogen) atoms. The fraction of sp³-hybridized carbons (Fsp3) is 0. The topological polar surface area (TPSA) is 81.3 Å². The number of benzene rings is 3. The molecule has 0 heterocycles. The van der Waals surface area contributed by atoms with Crippen LogP contribution in [0.3, 0.4) is 0 Å². The molecule has 0 saturated carbocycles. The molecule has 1 aliphatic rings. The van der Waals surface area contributed by atoms with Crippen molar-refractivity contribution >= 4 is 17.4 Å². The van der Waals surface area contributed by atoms with Gasteiger partial charge in [0.15, 0.2) is 0 Å². The van der Waals surface area contributed by atoms with Gasteiger partial charge in [0.25, 0.3) is 0 Å². The number of rotatable bonds is 1. The monoisotopic (exact) mass is 339 g/mol. The zero-order chi connectivity index (χ0) is 18.3. The van der Waals surface area contributed by atoms with E-state index >= 15 is 0 Å². The number of hydrogen-bond donors (Lipinski definition) is 2. The van der Waals surface area contributed by atoms with Crippen LogP contribution >= 0.6 is 0 Å². The van der Waals surface area contributed by atoms with Gasteiger partial charge < -0.3 is 10.2 Å². The van der Waals surface area contributed by atoms with E-state index in [0.717, 1.165) is 11.1 Å². The molecule has 1 aliphatic carbocycles. The maximum absolute atomic E-state index is 12.8. The summed E-state index contributed by atoms with van der Waals surface area (Å²) in [6, 6.07) is 19.0. The number of nitriles is 1. The minimum Gasteiger partial charge on any atom is -0.507 e. The highest BCUT2D eigenvalue weighted by Gasteiger charge is 2.31. The predicted molar refractivity (Wildman–Crippen MR) is 97.8 cm³/mol. The number of aromatic hydroxyl groups is 2. The highest BCUT2D eigenvalue weighted by Crippen LogP contribution is 2.43. The van der Waals surface area contributed by atoms with Crippen LogP contribution in [0.25, 0.3) is 11.6 Å². The van der Waals surface area contributed by atoms with Crippen LogP contribution in [0.4, 0.5) is 0 Å². The fourth-order valence-electron chi connectivity index (χ4n) is 3.25. The van der Waals surface area contributed by atoms with E-state index in [-0.39, 0.29) is 22.6 Å². The summed E-state index contributed by atoms with van der Waals surface area (Å²) in [5.41, 5.74) is 3.71. The SMILES string of the molecule is N#Cc1ccc(C=C2c3cccc(O)c3C(=O)c3c(O)cccc32)cc1. The maximum atomic E-state index is 12.8. The number of nitrogens with zero attached hydrogens (tertiary/aromatic N) is 1. The van der Waals surface area contributed by atoms with Crippen LogP contribution in [0, 0.1) is 11.3 Å². The minimum absolute atomic E-state index is 0.118. The summed E-state index contributed by atoms with van der Waals surface area (Å²) in [7, 11) is 0. The molecule has 0 radical (unpaired) electrons. The first kappa shape index (κ1) is 15.7.